The number of aromatic nitrogens is 2. The first-order valence-corrected chi connectivity index (χ1v) is 10.8. The normalized spacial score (nSPS) is 18.9. The monoisotopic (exact) mass is 409 g/mol. The largest absolute Gasteiger partial charge is 0.493 e. The van der Waals surface area contributed by atoms with Gasteiger partial charge in [0.05, 0.1) is 24.8 Å². The Morgan fingerprint density at radius 1 is 1.27 bits per heavy atom. The molecule has 0 unspecified atom stereocenters. The molecule has 7 nitrogen and oxygen atoms in total. The van der Waals surface area contributed by atoms with Crippen LogP contribution in [0.5, 0.6) is 5.75 Å². The summed E-state index contributed by atoms with van der Waals surface area (Å²) >= 11 is 0. The number of fused-ring (bicyclic) bond motifs is 1. The molecule has 1 saturated heterocycles. The zero-order valence-electron chi connectivity index (χ0n) is 18.1. The third-order valence-electron chi connectivity index (χ3n) is 6.05. The smallest absolute Gasteiger partial charge is 0.226 e. The van der Waals surface area contributed by atoms with Crippen molar-refractivity contribution in [1.82, 2.24) is 19.8 Å². The van der Waals surface area contributed by atoms with Crippen molar-refractivity contribution in [2.75, 3.05) is 39.1 Å². The maximum atomic E-state index is 13.0. The molecule has 2 aliphatic rings. The number of hydrogen-bond donors (Lipinski definition) is 1. The number of benzene rings is 1. The minimum absolute atomic E-state index is 0.0550. The van der Waals surface area contributed by atoms with E-state index in [9.17, 15) is 4.79 Å². The topological polar surface area (TPSA) is 70.6 Å². The fourth-order valence-corrected chi connectivity index (χ4v) is 4.38. The van der Waals surface area contributed by atoms with E-state index >= 15 is 0 Å². The maximum absolute atomic E-state index is 13.0. The van der Waals surface area contributed by atoms with Gasteiger partial charge < -0.3 is 19.9 Å². The Labute approximate surface area is 178 Å². The standard InChI is InChI=1S/C23H31N5O2/c1-16-7-4-5-9-20(16)30-14-11-21(29)28-12-6-8-19(28)23-25-18-15-27(3)13-10-17(18)22(24-2)26-23/h4-5,7,9,19H,6,8,10-15H2,1-3H3,(H,24,25,26)/t19-/m0/s1. The molecule has 2 aromatic rings. The highest BCUT2D eigenvalue weighted by molar-refractivity contribution is 5.77. The minimum atomic E-state index is -0.0550. The summed E-state index contributed by atoms with van der Waals surface area (Å²) in [6.07, 6.45) is 3.19. The molecule has 1 aromatic carbocycles. The van der Waals surface area contributed by atoms with E-state index in [4.69, 9.17) is 14.7 Å². The van der Waals surface area contributed by atoms with Crippen LogP contribution >= 0.6 is 0 Å². The average molecular weight is 410 g/mol. The van der Waals surface area contributed by atoms with Crippen molar-refractivity contribution in [3.8, 4) is 5.75 Å². The van der Waals surface area contributed by atoms with Crippen LogP contribution in [0, 0.1) is 6.92 Å². The van der Waals surface area contributed by atoms with E-state index in [1.807, 2.05) is 43.1 Å². The lowest BCUT2D eigenvalue weighted by Gasteiger charge is -2.28. The number of likely N-dealkylation sites (tertiary alicyclic amines) is 1. The fraction of sp³-hybridized carbons (Fsp3) is 0.522. The Morgan fingerprint density at radius 2 is 2.10 bits per heavy atom. The summed E-state index contributed by atoms with van der Waals surface area (Å²) in [4.78, 5) is 26.9. The molecular weight excluding hydrogens is 378 g/mol. The minimum Gasteiger partial charge on any atom is -0.493 e. The van der Waals surface area contributed by atoms with Crippen molar-refractivity contribution < 1.29 is 9.53 Å². The molecule has 1 atom stereocenters. The van der Waals surface area contributed by atoms with Gasteiger partial charge in [0.1, 0.15) is 11.6 Å². The predicted octanol–water partition coefficient (Wildman–Crippen LogP) is 2.95. The Balaban J connectivity index is 1.46. The van der Waals surface area contributed by atoms with Crippen molar-refractivity contribution in [3.05, 3.63) is 46.9 Å². The Morgan fingerprint density at radius 3 is 2.90 bits per heavy atom. The Hall–Kier alpha value is -2.67. The van der Waals surface area contributed by atoms with Crippen molar-refractivity contribution >= 4 is 11.7 Å². The number of anilines is 1. The van der Waals surface area contributed by atoms with Gasteiger partial charge in [-0.2, -0.15) is 0 Å². The maximum Gasteiger partial charge on any atom is 0.226 e. The summed E-state index contributed by atoms with van der Waals surface area (Å²) in [5.74, 6) is 2.61. The Kier molecular flexibility index (Phi) is 6.18. The number of ether oxygens (including phenoxy) is 1. The number of likely N-dealkylation sites (N-methyl/N-ethyl adjacent to an activating group) is 1. The van der Waals surface area contributed by atoms with E-state index in [1.54, 1.807) is 0 Å². The first-order chi connectivity index (χ1) is 14.6. The molecule has 30 heavy (non-hydrogen) atoms. The number of carbonyl (C=O) groups is 1. The highest BCUT2D eigenvalue weighted by Gasteiger charge is 2.33. The molecular formula is C23H31N5O2. The van der Waals surface area contributed by atoms with Crippen molar-refractivity contribution in [2.24, 2.45) is 0 Å². The van der Waals surface area contributed by atoms with Gasteiger partial charge in [-0.25, -0.2) is 9.97 Å². The first-order valence-electron chi connectivity index (χ1n) is 10.8. The predicted molar refractivity (Wildman–Crippen MR) is 117 cm³/mol. The zero-order chi connectivity index (χ0) is 21.1. The molecule has 0 bridgehead atoms. The first kappa shape index (κ1) is 20.6. The fourth-order valence-electron chi connectivity index (χ4n) is 4.38. The number of para-hydroxylation sites is 1. The lowest BCUT2D eigenvalue weighted by Crippen LogP contribution is -2.34. The second-order valence-electron chi connectivity index (χ2n) is 8.20. The summed E-state index contributed by atoms with van der Waals surface area (Å²) in [7, 11) is 4.02. The van der Waals surface area contributed by atoms with Gasteiger partial charge in [-0.1, -0.05) is 18.2 Å². The Bertz CT molecular complexity index is 916. The molecule has 1 fully saturated rings. The molecule has 1 aromatic heterocycles. The molecule has 7 heteroatoms. The number of rotatable bonds is 6. The highest BCUT2D eigenvalue weighted by Crippen LogP contribution is 2.33. The van der Waals surface area contributed by atoms with Crippen molar-refractivity contribution in [2.45, 2.75) is 45.2 Å². The van der Waals surface area contributed by atoms with Crippen LogP contribution in [0.25, 0.3) is 0 Å². The summed E-state index contributed by atoms with van der Waals surface area (Å²) in [5, 5.41) is 3.24. The molecule has 0 aliphatic carbocycles. The molecule has 0 radical (unpaired) electrons. The molecule has 160 valence electrons. The van der Waals surface area contributed by atoms with Crippen molar-refractivity contribution in [1.29, 1.82) is 0 Å². The van der Waals surface area contributed by atoms with E-state index < -0.39 is 0 Å². The second kappa shape index (κ2) is 9.00. The van der Waals surface area contributed by atoms with Crippen LogP contribution in [-0.4, -0.2) is 59.5 Å². The molecule has 3 heterocycles. The molecule has 4 rings (SSSR count). The van der Waals surface area contributed by atoms with Gasteiger partial charge in [0.15, 0.2) is 5.82 Å². The van der Waals surface area contributed by atoms with E-state index in [1.165, 1.54) is 5.56 Å². The quantitative estimate of drug-likeness (QED) is 0.791. The van der Waals surface area contributed by atoms with Crippen LogP contribution in [0.1, 0.15) is 47.9 Å². The SMILES string of the molecule is CNc1nc([C@@H]2CCCN2C(=O)CCOc2ccccc2C)nc2c1CCN(C)C2. The van der Waals surface area contributed by atoms with Gasteiger partial charge in [0.2, 0.25) is 5.91 Å². The second-order valence-corrected chi connectivity index (χ2v) is 8.20. The number of carbonyl (C=O) groups excluding carboxylic acids is 1. The molecule has 0 saturated carbocycles. The van der Waals surface area contributed by atoms with E-state index in [0.29, 0.717) is 13.0 Å². The highest BCUT2D eigenvalue weighted by atomic mass is 16.5. The van der Waals surface area contributed by atoms with Gasteiger partial charge >= 0.3 is 0 Å². The van der Waals surface area contributed by atoms with Crippen LogP contribution < -0.4 is 10.1 Å². The number of nitrogens with zero attached hydrogens (tertiary/aromatic N) is 4. The lowest BCUT2D eigenvalue weighted by atomic mass is 10.0. The number of amides is 1. The van der Waals surface area contributed by atoms with Crippen LogP contribution in [0.4, 0.5) is 5.82 Å². The summed E-state index contributed by atoms with van der Waals surface area (Å²) < 4.78 is 5.84. The van der Waals surface area contributed by atoms with Crippen LogP contribution in [-0.2, 0) is 17.8 Å². The van der Waals surface area contributed by atoms with Crippen LogP contribution in [0.2, 0.25) is 0 Å². The summed E-state index contributed by atoms with van der Waals surface area (Å²) in [5.41, 5.74) is 3.37. The average Bonchev–Trinajstić information content (AvgIpc) is 3.24. The van der Waals surface area contributed by atoms with Gasteiger partial charge in [0, 0.05) is 32.2 Å². The third kappa shape index (κ3) is 4.26. The molecule has 1 N–H and O–H groups in total. The summed E-state index contributed by atoms with van der Waals surface area (Å²) in [6, 6.07) is 7.83. The van der Waals surface area contributed by atoms with E-state index in [2.05, 4.69) is 17.3 Å². The van der Waals surface area contributed by atoms with Crippen LogP contribution in [0.3, 0.4) is 0 Å². The molecule has 0 spiro atoms. The number of hydrogen-bond acceptors (Lipinski definition) is 6. The molecule has 1 amide bonds. The zero-order valence-corrected chi connectivity index (χ0v) is 18.1. The van der Waals surface area contributed by atoms with Gasteiger partial charge in [-0.05, 0) is 44.9 Å². The van der Waals surface area contributed by atoms with Crippen molar-refractivity contribution in [3.63, 3.8) is 0 Å². The van der Waals surface area contributed by atoms with E-state index in [-0.39, 0.29) is 11.9 Å². The van der Waals surface area contributed by atoms with Gasteiger partial charge in [0.25, 0.3) is 0 Å². The van der Waals surface area contributed by atoms with E-state index in [0.717, 1.165) is 67.5 Å². The van der Waals surface area contributed by atoms with Crippen LogP contribution in [0.15, 0.2) is 24.3 Å². The van der Waals surface area contributed by atoms with Gasteiger partial charge in [-0.3, -0.25) is 4.79 Å². The third-order valence-corrected chi connectivity index (χ3v) is 6.05. The van der Waals surface area contributed by atoms with Gasteiger partial charge in [-0.15, -0.1) is 0 Å². The summed E-state index contributed by atoms with van der Waals surface area (Å²) in [6.45, 7) is 4.98. The molecule has 2 aliphatic heterocycles. The lowest BCUT2D eigenvalue weighted by molar-refractivity contribution is -0.132. The number of aryl methyl sites for hydroxylation is 1. The number of nitrogens with one attached hydrogen (secondary N) is 1.